The maximum Gasteiger partial charge on any atom is 0.227 e. The van der Waals surface area contributed by atoms with Crippen LogP contribution in [0.15, 0.2) is 29.2 Å². The lowest BCUT2D eigenvalue weighted by Crippen LogP contribution is -2.39. The van der Waals surface area contributed by atoms with Crippen molar-refractivity contribution in [3.05, 3.63) is 41.3 Å². The number of likely N-dealkylation sites (N-methyl/N-ethyl adjacent to an activating group) is 1. The first-order chi connectivity index (χ1) is 14.5. The van der Waals surface area contributed by atoms with Gasteiger partial charge in [-0.15, -0.1) is 0 Å². The van der Waals surface area contributed by atoms with Gasteiger partial charge in [0.05, 0.1) is 28.6 Å². The van der Waals surface area contributed by atoms with E-state index in [0.29, 0.717) is 24.0 Å². The van der Waals surface area contributed by atoms with E-state index < -0.39 is 10.8 Å². The molecular weight excluding hydrogens is 403 g/mol. The van der Waals surface area contributed by atoms with Gasteiger partial charge in [-0.3, -0.25) is 4.21 Å². The van der Waals surface area contributed by atoms with Crippen molar-refractivity contribution in [3.8, 4) is 0 Å². The maximum absolute atomic E-state index is 13.2. The highest BCUT2D eigenvalue weighted by Crippen LogP contribution is 2.45. The second-order valence-electron chi connectivity index (χ2n) is 8.68. The van der Waals surface area contributed by atoms with Gasteiger partial charge in [-0.2, -0.15) is 4.98 Å². The average molecular weight is 431 g/mol. The van der Waals surface area contributed by atoms with E-state index in [1.54, 1.807) is 0 Å². The molecule has 30 heavy (non-hydrogen) atoms. The molecule has 160 valence electrons. The van der Waals surface area contributed by atoms with E-state index >= 15 is 0 Å². The quantitative estimate of drug-likeness (QED) is 0.787. The normalized spacial score (nSPS) is 22.8. The van der Waals surface area contributed by atoms with E-state index in [1.807, 2.05) is 24.1 Å². The first-order valence-electron chi connectivity index (χ1n) is 10.7. The van der Waals surface area contributed by atoms with Crippen LogP contribution in [0, 0.1) is 5.82 Å². The lowest BCUT2D eigenvalue weighted by atomic mass is 9.89. The minimum atomic E-state index is -1.08. The summed E-state index contributed by atoms with van der Waals surface area (Å²) in [5, 5.41) is 9.88. The summed E-state index contributed by atoms with van der Waals surface area (Å²) in [5.41, 5.74) is 1.79. The highest BCUT2D eigenvalue weighted by atomic mass is 32.2. The van der Waals surface area contributed by atoms with E-state index in [0.717, 1.165) is 55.2 Å². The van der Waals surface area contributed by atoms with Crippen LogP contribution in [0.1, 0.15) is 42.9 Å². The first-order valence-corrected chi connectivity index (χ1v) is 12.0. The Morgan fingerprint density at radius 1 is 1.23 bits per heavy atom. The Morgan fingerprint density at radius 2 is 1.93 bits per heavy atom. The van der Waals surface area contributed by atoms with Gasteiger partial charge in [0.2, 0.25) is 5.95 Å². The van der Waals surface area contributed by atoms with Crippen molar-refractivity contribution in [1.82, 2.24) is 9.97 Å². The summed E-state index contributed by atoms with van der Waals surface area (Å²) in [7, 11) is 0.868. The molecule has 1 aromatic carbocycles. The lowest BCUT2D eigenvalue weighted by molar-refractivity contribution is 0.251. The van der Waals surface area contributed by atoms with Gasteiger partial charge in [-0.05, 0) is 49.3 Å². The Bertz CT molecular complexity index is 972. The average Bonchev–Trinajstić information content (AvgIpc) is 3.50. The molecule has 1 saturated carbocycles. The van der Waals surface area contributed by atoms with Crippen LogP contribution in [0.3, 0.4) is 0 Å². The van der Waals surface area contributed by atoms with Crippen molar-refractivity contribution < 1.29 is 13.7 Å². The molecule has 2 fully saturated rings. The summed E-state index contributed by atoms with van der Waals surface area (Å²) >= 11 is 0. The summed E-state index contributed by atoms with van der Waals surface area (Å²) in [6.07, 6.45) is 4.47. The third-order valence-electron chi connectivity index (χ3n) is 6.93. The molecule has 6 nitrogen and oxygen atoms in total. The van der Waals surface area contributed by atoms with Crippen molar-refractivity contribution in [1.29, 1.82) is 0 Å². The number of fused-ring (bicyclic) bond motifs is 1. The molecule has 0 bridgehead atoms. The molecule has 0 amide bonds. The van der Waals surface area contributed by atoms with Crippen LogP contribution >= 0.6 is 0 Å². The molecule has 1 aliphatic carbocycles. The van der Waals surface area contributed by atoms with Crippen LogP contribution in [0.25, 0.3) is 0 Å². The van der Waals surface area contributed by atoms with Gasteiger partial charge in [-0.1, -0.05) is 12.1 Å². The van der Waals surface area contributed by atoms with Crippen LogP contribution in [0.2, 0.25) is 0 Å². The molecule has 3 aliphatic rings. The van der Waals surface area contributed by atoms with Gasteiger partial charge in [-0.25, -0.2) is 9.37 Å². The SMILES string of the molecule is CN(c1nc(N2CCC(c3ccc(F)cc3)CC2)nc2c1S(=O)CC2)C1(CO)CC1. The summed E-state index contributed by atoms with van der Waals surface area (Å²) in [6.45, 7) is 1.74. The Balaban J connectivity index is 1.40. The molecule has 0 spiro atoms. The van der Waals surface area contributed by atoms with Gasteiger partial charge in [0.15, 0.2) is 5.82 Å². The highest BCUT2D eigenvalue weighted by Gasteiger charge is 2.48. The predicted octanol–water partition coefficient (Wildman–Crippen LogP) is 2.62. The number of piperidine rings is 1. The zero-order valence-corrected chi connectivity index (χ0v) is 18.0. The standard InChI is InChI=1S/C22H27FN4O2S/c1-26(22(14-28)9-10-22)20-19-18(8-13-30(19)29)24-21(25-20)27-11-6-16(7-12-27)15-2-4-17(23)5-3-15/h2-5,16,28H,6-14H2,1H3. The molecule has 0 radical (unpaired) electrons. The lowest BCUT2D eigenvalue weighted by Gasteiger charge is -2.34. The van der Waals surface area contributed by atoms with E-state index in [4.69, 9.17) is 9.97 Å². The van der Waals surface area contributed by atoms with Crippen LogP contribution in [-0.2, 0) is 17.2 Å². The number of aliphatic hydroxyl groups is 1. The van der Waals surface area contributed by atoms with Crippen LogP contribution in [0.5, 0.6) is 0 Å². The van der Waals surface area contributed by atoms with Crippen molar-refractivity contribution in [2.24, 2.45) is 0 Å². The fraction of sp³-hybridized carbons (Fsp3) is 0.545. The number of anilines is 2. The second-order valence-corrected chi connectivity index (χ2v) is 10.2. The maximum atomic E-state index is 13.2. The first kappa shape index (κ1) is 19.9. The number of aliphatic hydroxyl groups excluding tert-OH is 1. The Morgan fingerprint density at radius 3 is 2.57 bits per heavy atom. The number of nitrogens with zero attached hydrogens (tertiary/aromatic N) is 4. The predicted molar refractivity (Wildman–Crippen MR) is 115 cm³/mol. The molecule has 2 aliphatic heterocycles. The molecule has 1 N–H and O–H groups in total. The van der Waals surface area contributed by atoms with E-state index in [-0.39, 0.29) is 18.0 Å². The molecular formula is C22H27FN4O2S. The third kappa shape index (κ3) is 3.39. The number of benzene rings is 1. The summed E-state index contributed by atoms with van der Waals surface area (Å²) in [6, 6.07) is 6.83. The Kier molecular flexibility index (Phi) is 5.01. The highest BCUT2D eigenvalue weighted by molar-refractivity contribution is 7.85. The van der Waals surface area contributed by atoms with Gasteiger partial charge in [0.25, 0.3) is 0 Å². The Hall–Kier alpha value is -2.06. The number of hydrogen-bond acceptors (Lipinski definition) is 6. The summed E-state index contributed by atoms with van der Waals surface area (Å²) in [5.74, 6) is 2.22. The van der Waals surface area contributed by atoms with Crippen molar-refractivity contribution in [2.45, 2.75) is 48.5 Å². The minimum absolute atomic E-state index is 0.0767. The number of rotatable bonds is 5. The molecule has 8 heteroatoms. The van der Waals surface area contributed by atoms with Crippen LogP contribution < -0.4 is 9.80 Å². The molecule has 5 rings (SSSR count). The summed E-state index contributed by atoms with van der Waals surface area (Å²) < 4.78 is 25.9. The van der Waals surface area contributed by atoms with Gasteiger partial charge < -0.3 is 14.9 Å². The van der Waals surface area contributed by atoms with Crippen LogP contribution in [0.4, 0.5) is 16.2 Å². The minimum Gasteiger partial charge on any atom is -0.394 e. The number of aryl methyl sites for hydroxylation is 1. The van der Waals surface area contributed by atoms with E-state index in [2.05, 4.69) is 4.90 Å². The van der Waals surface area contributed by atoms with Gasteiger partial charge in [0, 0.05) is 32.3 Å². The van der Waals surface area contributed by atoms with Gasteiger partial charge >= 0.3 is 0 Å². The summed E-state index contributed by atoms with van der Waals surface area (Å²) in [4.78, 5) is 14.7. The number of aromatic nitrogens is 2. The molecule has 1 atom stereocenters. The molecule has 1 aromatic heterocycles. The van der Waals surface area contributed by atoms with Crippen LogP contribution in [-0.4, -0.2) is 57.3 Å². The fourth-order valence-electron chi connectivity index (χ4n) is 4.65. The zero-order valence-electron chi connectivity index (χ0n) is 17.2. The number of halogens is 1. The molecule has 1 saturated heterocycles. The van der Waals surface area contributed by atoms with E-state index in [1.165, 1.54) is 17.7 Å². The molecule has 1 unspecified atom stereocenters. The second kappa shape index (κ2) is 7.57. The smallest absolute Gasteiger partial charge is 0.227 e. The van der Waals surface area contributed by atoms with Crippen molar-refractivity contribution in [3.63, 3.8) is 0 Å². The zero-order chi connectivity index (χ0) is 20.9. The Labute approximate surface area is 178 Å². The molecule has 3 heterocycles. The van der Waals surface area contributed by atoms with Gasteiger partial charge in [0.1, 0.15) is 10.7 Å². The topological polar surface area (TPSA) is 69.6 Å². The largest absolute Gasteiger partial charge is 0.394 e. The monoisotopic (exact) mass is 430 g/mol. The van der Waals surface area contributed by atoms with Crippen molar-refractivity contribution in [2.75, 3.05) is 42.3 Å². The van der Waals surface area contributed by atoms with Crippen molar-refractivity contribution >= 4 is 22.6 Å². The third-order valence-corrected chi connectivity index (χ3v) is 8.38. The molecule has 2 aromatic rings. The number of hydrogen-bond donors (Lipinski definition) is 1. The fourth-order valence-corrected chi connectivity index (χ4v) is 6.03. The van der Waals surface area contributed by atoms with E-state index in [9.17, 15) is 13.7 Å².